The average molecular weight is 220 g/mol. The van der Waals surface area contributed by atoms with Crippen LogP contribution in [0, 0.1) is 0 Å². The van der Waals surface area contributed by atoms with E-state index in [2.05, 4.69) is 31.9 Å². The van der Waals surface area contributed by atoms with E-state index in [1.165, 1.54) is 0 Å². The molecule has 0 aromatic rings. The second kappa shape index (κ2) is 3.33. The maximum Gasteiger partial charge on any atom is 0.156 e. The minimum absolute atomic E-state index is 0.0710. The summed E-state index contributed by atoms with van der Waals surface area (Å²) in [6.07, 6.45) is 0. The highest BCUT2D eigenvalue weighted by atomic mass is 79.9. The topological polar surface area (TPSA) is 9.23 Å². The number of halogens is 2. The van der Waals surface area contributed by atoms with Crippen molar-refractivity contribution in [1.29, 1.82) is 0 Å². The van der Waals surface area contributed by atoms with Crippen molar-refractivity contribution in [3.05, 3.63) is 0 Å². The standard InChI is InChI=1S/CH4Br2OSi/c2-1(3)4-5/h1H,5H3. The van der Waals surface area contributed by atoms with E-state index < -0.39 is 0 Å². The van der Waals surface area contributed by atoms with E-state index in [1.54, 1.807) is 0 Å². The highest BCUT2D eigenvalue weighted by molar-refractivity contribution is 9.24. The summed E-state index contributed by atoms with van der Waals surface area (Å²) in [6, 6.07) is 0. The van der Waals surface area contributed by atoms with Gasteiger partial charge in [0.05, 0.1) is 0 Å². The summed E-state index contributed by atoms with van der Waals surface area (Å²) in [5.41, 5.74) is 0. The van der Waals surface area contributed by atoms with E-state index in [9.17, 15) is 0 Å². The van der Waals surface area contributed by atoms with Gasteiger partial charge in [0.25, 0.3) is 0 Å². The van der Waals surface area contributed by atoms with Gasteiger partial charge >= 0.3 is 0 Å². The normalized spacial score (nSPS) is 10.2. The van der Waals surface area contributed by atoms with E-state index in [0.29, 0.717) is 0 Å². The Morgan fingerprint density at radius 2 is 1.80 bits per heavy atom. The first-order valence-electron chi connectivity index (χ1n) is 1.08. The largest absolute Gasteiger partial charge is 0.407 e. The molecule has 0 aliphatic carbocycles. The second-order valence-corrected chi connectivity index (χ2v) is 3.86. The molecule has 0 spiro atoms. The fourth-order valence-corrected chi connectivity index (χ4v) is 0. The van der Waals surface area contributed by atoms with Crippen molar-refractivity contribution >= 4 is 42.3 Å². The molecular weight excluding hydrogens is 216 g/mol. The maximum atomic E-state index is 4.72. The molecule has 0 bridgehead atoms. The van der Waals surface area contributed by atoms with Crippen LogP contribution in [0.1, 0.15) is 0 Å². The molecular formula is CH4Br2OSi. The molecule has 0 aliphatic heterocycles. The Bertz CT molecular complexity index is 23.6. The fourth-order valence-electron chi connectivity index (χ4n) is 0. The Kier molecular flexibility index (Phi) is 4.09. The van der Waals surface area contributed by atoms with E-state index in [1.807, 2.05) is 0 Å². The van der Waals surface area contributed by atoms with Gasteiger partial charge in [0.2, 0.25) is 0 Å². The quantitative estimate of drug-likeness (QED) is 0.457. The van der Waals surface area contributed by atoms with Crippen molar-refractivity contribution < 1.29 is 4.43 Å². The third-order valence-corrected chi connectivity index (χ3v) is 2.78. The molecule has 0 unspecified atom stereocenters. The lowest BCUT2D eigenvalue weighted by atomic mass is 11.7. The molecule has 0 saturated carbocycles. The molecule has 1 nitrogen and oxygen atoms in total. The van der Waals surface area contributed by atoms with E-state index in [0.717, 1.165) is 10.5 Å². The van der Waals surface area contributed by atoms with E-state index in [-0.39, 0.29) is 3.92 Å². The Hall–Kier alpha value is 1.14. The summed E-state index contributed by atoms with van der Waals surface area (Å²) in [4.78, 5) is 0. The van der Waals surface area contributed by atoms with Crippen LogP contribution in [0.2, 0.25) is 0 Å². The van der Waals surface area contributed by atoms with Gasteiger partial charge < -0.3 is 4.43 Å². The van der Waals surface area contributed by atoms with Gasteiger partial charge in [0.15, 0.2) is 3.92 Å². The van der Waals surface area contributed by atoms with Crippen LogP contribution in [0.4, 0.5) is 0 Å². The van der Waals surface area contributed by atoms with Gasteiger partial charge in [-0.15, -0.1) is 0 Å². The molecule has 0 radical (unpaired) electrons. The van der Waals surface area contributed by atoms with Gasteiger partial charge in [0.1, 0.15) is 10.5 Å². The molecule has 0 heterocycles. The van der Waals surface area contributed by atoms with Crippen LogP contribution in [0.5, 0.6) is 0 Å². The zero-order valence-corrected chi connectivity index (χ0v) is 7.91. The van der Waals surface area contributed by atoms with Crippen LogP contribution in [0.3, 0.4) is 0 Å². The smallest absolute Gasteiger partial charge is 0.156 e. The van der Waals surface area contributed by atoms with E-state index >= 15 is 0 Å². The van der Waals surface area contributed by atoms with Crippen molar-refractivity contribution in [2.45, 2.75) is 3.92 Å². The number of rotatable bonds is 1. The SMILES string of the molecule is [SiH3]OC(Br)Br. The van der Waals surface area contributed by atoms with Crippen LogP contribution in [-0.2, 0) is 4.43 Å². The summed E-state index contributed by atoms with van der Waals surface area (Å²) >= 11 is 6.20. The molecule has 0 aromatic heterocycles. The Morgan fingerprint density at radius 3 is 1.80 bits per heavy atom. The first kappa shape index (κ1) is 6.14. The third-order valence-electron chi connectivity index (χ3n) is 0.178. The highest BCUT2D eigenvalue weighted by Crippen LogP contribution is 2.05. The fraction of sp³-hybridized carbons (Fsp3) is 1.00. The summed E-state index contributed by atoms with van der Waals surface area (Å²) in [7, 11) is 0.780. The molecule has 32 valence electrons. The zero-order valence-electron chi connectivity index (χ0n) is 2.74. The second-order valence-electron chi connectivity index (χ2n) is 0.496. The maximum absolute atomic E-state index is 4.72. The highest BCUT2D eigenvalue weighted by Gasteiger charge is 1.83. The number of hydrogen-bond donors (Lipinski definition) is 0. The zero-order chi connectivity index (χ0) is 4.28. The summed E-state index contributed by atoms with van der Waals surface area (Å²) < 4.78 is 4.79. The monoisotopic (exact) mass is 218 g/mol. The molecule has 0 fully saturated rings. The molecule has 4 heteroatoms. The molecule has 5 heavy (non-hydrogen) atoms. The molecule has 0 amide bonds. The molecule has 0 aromatic carbocycles. The van der Waals surface area contributed by atoms with Gasteiger partial charge in [0, 0.05) is 0 Å². The van der Waals surface area contributed by atoms with Gasteiger partial charge in [-0.05, 0) is 31.9 Å². The van der Waals surface area contributed by atoms with Gasteiger partial charge in [-0.2, -0.15) is 0 Å². The average Bonchev–Trinajstić information content (AvgIpc) is 1.38. The van der Waals surface area contributed by atoms with Crippen LogP contribution in [0.25, 0.3) is 0 Å². The predicted octanol–water partition coefficient (Wildman–Crippen LogP) is 0.357. The molecule has 0 rings (SSSR count). The van der Waals surface area contributed by atoms with Crippen LogP contribution in [0.15, 0.2) is 0 Å². The Morgan fingerprint density at radius 1 is 1.60 bits per heavy atom. The first-order valence-corrected chi connectivity index (χ1v) is 3.73. The van der Waals surface area contributed by atoms with Crippen molar-refractivity contribution in [2.75, 3.05) is 0 Å². The summed E-state index contributed by atoms with van der Waals surface area (Å²) in [5, 5.41) is 0. The van der Waals surface area contributed by atoms with Crippen LogP contribution in [-0.4, -0.2) is 14.4 Å². The molecule has 0 saturated heterocycles. The molecule has 0 atom stereocenters. The number of hydrogen-bond acceptors (Lipinski definition) is 1. The lowest BCUT2D eigenvalue weighted by Crippen LogP contribution is -1.85. The predicted molar refractivity (Wildman–Crippen MR) is 32.7 cm³/mol. The van der Waals surface area contributed by atoms with Gasteiger partial charge in [-0.25, -0.2) is 0 Å². The van der Waals surface area contributed by atoms with Gasteiger partial charge in [-0.3, -0.25) is 0 Å². The van der Waals surface area contributed by atoms with Crippen molar-refractivity contribution in [3.63, 3.8) is 0 Å². The summed E-state index contributed by atoms with van der Waals surface area (Å²) in [6.45, 7) is 0. The lowest BCUT2D eigenvalue weighted by molar-refractivity contribution is 0.417. The van der Waals surface area contributed by atoms with Gasteiger partial charge in [-0.1, -0.05) is 0 Å². The Balaban J connectivity index is 2.54. The molecule has 0 N–H and O–H groups in total. The number of alkyl halides is 2. The van der Waals surface area contributed by atoms with E-state index in [4.69, 9.17) is 4.43 Å². The van der Waals surface area contributed by atoms with Crippen molar-refractivity contribution in [2.24, 2.45) is 0 Å². The minimum Gasteiger partial charge on any atom is -0.407 e. The van der Waals surface area contributed by atoms with Crippen molar-refractivity contribution in [3.8, 4) is 0 Å². The van der Waals surface area contributed by atoms with Crippen LogP contribution < -0.4 is 0 Å². The first-order chi connectivity index (χ1) is 2.27. The third kappa shape index (κ3) is 5.14. The summed E-state index contributed by atoms with van der Waals surface area (Å²) in [5.74, 6) is 0. The lowest BCUT2D eigenvalue weighted by Gasteiger charge is -1.91. The van der Waals surface area contributed by atoms with Crippen LogP contribution >= 0.6 is 31.9 Å². The Labute approximate surface area is 50.9 Å². The molecule has 0 aliphatic rings. The minimum atomic E-state index is 0.0710. The van der Waals surface area contributed by atoms with Crippen molar-refractivity contribution in [1.82, 2.24) is 0 Å².